The number of halogens is 2. The highest BCUT2D eigenvalue weighted by Crippen LogP contribution is 2.29. The van der Waals surface area contributed by atoms with Gasteiger partial charge in [0, 0.05) is 33.4 Å². The van der Waals surface area contributed by atoms with Crippen LogP contribution in [-0.4, -0.2) is 37.6 Å². The predicted octanol–water partition coefficient (Wildman–Crippen LogP) is 5.39. The Morgan fingerprint density at radius 1 is 1.00 bits per heavy atom. The predicted molar refractivity (Wildman–Crippen MR) is 136 cm³/mol. The van der Waals surface area contributed by atoms with Gasteiger partial charge in [0.2, 0.25) is 0 Å². The van der Waals surface area contributed by atoms with E-state index in [4.69, 9.17) is 23.2 Å². The summed E-state index contributed by atoms with van der Waals surface area (Å²) in [6, 6.07) is 20.2. The number of hydrazone groups is 1. The summed E-state index contributed by atoms with van der Waals surface area (Å²) in [5, 5.41) is 24.9. The summed E-state index contributed by atoms with van der Waals surface area (Å²) in [5.74, 6) is 0.263. The van der Waals surface area contributed by atoms with Crippen molar-refractivity contribution in [3.05, 3.63) is 98.5 Å². The van der Waals surface area contributed by atoms with Gasteiger partial charge in [-0.15, -0.1) is 10.2 Å². The van der Waals surface area contributed by atoms with E-state index >= 15 is 0 Å². The molecule has 35 heavy (non-hydrogen) atoms. The van der Waals surface area contributed by atoms with Crippen LogP contribution in [0.3, 0.4) is 0 Å². The Labute approximate surface area is 213 Å². The molecule has 1 amide bonds. The van der Waals surface area contributed by atoms with Crippen molar-refractivity contribution in [3.8, 4) is 17.1 Å². The van der Waals surface area contributed by atoms with Crippen molar-refractivity contribution in [2.24, 2.45) is 5.10 Å². The number of amides is 1. The average molecular weight is 527 g/mol. The fourth-order valence-electron chi connectivity index (χ4n) is 3.00. The van der Waals surface area contributed by atoms with Gasteiger partial charge in [-0.05, 0) is 66.2 Å². The summed E-state index contributed by atoms with van der Waals surface area (Å²) >= 11 is 13.3. The fourth-order valence-corrected chi connectivity index (χ4v) is 3.99. The molecule has 176 valence electrons. The molecule has 0 radical (unpaired) electrons. The van der Waals surface area contributed by atoms with Crippen LogP contribution in [0, 0.1) is 10.1 Å². The number of nitrogens with zero attached hydrogens (tertiary/aromatic N) is 5. The molecular weight excluding hydrogens is 511 g/mol. The second-order valence-corrected chi connectivity index (χ2v) is 8.87. The Kier molecular flexibility index (Phi) is 7.76. The number of hydrogen-bond donors (Lipinski definition) is 1. The summed E-state index contributed by atoms with van der Waals surface area (Å²) < 4.78 is 1.83. The van der Waals surface area contributed by atoms with Gasteiger partial charge in [-0.1, -0.05) is 35.0 Å². The molecule has 9 nitrogen and oxygen atoms in total. The van der Waals surface area contributed by atoms with E-state index in [1.165, 1.54) is 42.2 Å². The minimum absolute atomic E-state index is 0.0228. The van der Waals surface area contributed by atoms with Gasteiger partial charge in [0.1, 0.15) is 0 Å². The molecule has 0 aliphatic rings. The Balaban J connectivity index is 1.47. The Bertz CT molecular complexity index is 1370. The molecule has 0 fully saturated rings. The highest BCUT2D eigenvalue weighted by Gasteiger charge is 2.17. The molecule has 0 aliphatic carbocycles. The molecule has 0 unspecified atom stereocenters. The highest BCUT2D eigenvalue weighted by atomic mass is 35.5. The van der Waals surface area contributed by atoms with Crippen LogP contribution in [0.25, 0.3) is 17.1 Å². The number of thioether (sulfide) groups is 1. The third-order valence-corrected chi connectivity index (χ3v) is 6.09. The maximum atomic E-state index is 12.3. The summed E-state index contributed by atoms with van der Waals surface area (Å²) in [7, 11) is 0. The number of nitrogens with one attached hydrogen (secondary N) is 1. The topological polar surface area (TPSA) is 115 Å². The third kappa shape index (κ3) is 6.24. The molecule has 0 saturated heterocycles. The van der Waals surface area contributed by atoms with E-state index in [9.17, 15) is 14.9 Å². The maximum absolute atomic E-state index is 12.3. The van der Waals surface area contributed by atoms with Crippen LogP contribution >= 0.6 is 35.0 Å². The van der Waals surface area contributed by atoms with E-state index in [1.54, 1.807) is 24.3 Å². The molecule has 1 heterocycles. The van der Waals surface area contributed by atoms with Crippen molar-refractivity contribution in [3.63, 3.8) is 0 Å². The Morgan fingerprint density at radius 3 is 2.26 bits per heavy atom. The molecule has 3 aromatic carbocycles. The number of benzene rings is 3. The van der Waals surface area contributed by atoms with E-state index in [1.807, 2.05) is 28.8 Å². The van der Waals surface area contributed by atoms with Gasteiger partial charge in [0.15, 0.2) is 11.0 Å². The highest BCUT2D eigenvalue weighted by molar-refractivity contribution is 7.99. The van der Waals surface area contributed by atoms with Gasteiger partial charge in [0.05, 0.1) is 16.9 Å². The summed E-state index contributed by atoms with van der Waals surface area (Å²) in [6.07, 6.45) is 1.40. The molecule has 4 aromatic rings. The van der Waals surface area contributed by atoms with Crippen molar-refractivity contribution in [2.75, 3.05) is 5.75 Å². The van der Waals surface area contributed by atoms with Crippen LogP contribution in [0.4, 0.5) is 5.69 Å². The van der Waals surface area contributed by atoms with Crippen LogP contribution in [0.1, 0.15) is 5.56 Å². The molecule has 0 bridgehead atoms. The number of rotatable bonds is 8. The van der Waals surface area contributed by atoms with Crippen molar-refractivity contribution in [1.82, 2.24) is 20.2 Å². The van der Waals surface area contributed by atoms with Gasteiger partial charge in [-0.3, -0.25) is 19.5 Å². The number of non-ortho nitro benzene ring substituents is 1. The molecule has 1 N–H and O–H groups in total. The molecule has 0 aliphatic heterocycles. The van der Waals surface area contributed by atoms with Crippen molar-refractivity contribution >= 4 is 52.8 Å². The summed E-state index contributed by atoms with van der Waals surface area (Å²) in [5.41, 5.74) is 4.61. The number of carbonyl (C=O) groups is 1. The largest absolute Gasteiger partial charge is 0.272 e. The molecule has 4 rings (SSSR count). The van der Waals surface area contributed by atoms with E-state index in [0.29, 0.717) is 26.6 Å². The Morgan fingerprint density at radius 2 is 1.63 bits per heavy atom. The number of hydrogen-bond acceptors (Lipinski definition) is 7. The standard InChI is InChI=1S/C23H16Cl2N6O3S/c24-17-5-3-16(4-6-17)22-28-29-23(30(22)19-11-7-18(25)8-12-19)35-14-21(32)27-26-13-15-1-9-20(10-2-15)31(33)34/h1-13H,14H2,(H,27,32)/b26-13-. The number of carbonyl (C=O) groups excluding carboxylic acids is 1. The summed E-state index contributed by atoms with van der Waals surface area (Å²) in [4.78, 5) is 22.6. The van der Waals surface area contributed by atoms with Gasteiger partial charge in [-0.25, -0.2) is 5.43 Å². The van der Waals surface area contributed by atoms with Crippen LogP contribution < -0.4 is 5.43 Å². The summed E-state index contributed by atoms with van der Waals surface area (Å²) in [6.45, 7) is 0. The molecule has 1 aromatic heterocycles. The first kappa shape index (κ1) is 24.4. The second-order valence-electron chi connectivity index (χ2n) is 7.06. The first-order valence-corrected chi connectivity index (χ1v) is 11.8. The van der Waals surface area contributed by atoms with Crippen LogP contribution in [-0.2, 0) is 4.79 Å². The molecular formula is C23H16Cl2N6O3S. The van der Waals surface area contributed by atoms with Gasteiger partial charge in [-0.2, -0.15) is 5.10 Å². The normalized spacial score (nSPS) is 11.0. The first-order chi connectivity index (χ1) is 16.9. The van der Waals surface area contributed by atoms with Crippen LogP contribution in [0.2, 0.25) is 10.0 Å². The van der Waals surface area contributed by atoms with E-state index in [0.717, 1.165) is 11.3 Å². The lowest BCUT2D eigenvalue weighted by Gasteiger charge is -2.10. The van der Waals surface area contributed by atoms with Gasteiger partial charge >= 0.3 is 0 Å². The lowest BCUT2D eigenvalue weighted by Crippen LogP contribution is -2.20. The maximum Gasteiger partial charge on any atom is 0.269 e. The van der Waals surface area contributed by atoms with Crippen LogP contribution in [0.5, 0.6) is 0 Å². The third-order valence-electron chi connectivity index (χ3n) is 4.66. The molecule has 0 spiro atoms. The van der Waals surface area contributed by atoms with Crippen molar-refractivity contribution in [2.45, 2.75) is 5.16 Å². The fraction of sp³-hybridized carbons (Fsp3) is 0.0435. The molecule has 12 heteroatoms. The lowest BCUT2D eigenvalue weighted by molar-refractivity contribution is -0.384. The Hall–Kier alpha value is -3.73. The van der Waals surface area contributed by atoms with Crippen molar-refractivity contribution < 1.29 is 9.72 Å². The molecule has 0 atom stereocenters. The second kappa shape index (κ2) is 11.1. The minimum Gasteiger partial charge on any atom is -0.272 e. The quantitative estimate of drug-likeness (QED) is 0.142. The zero-order chi connectivity index (χ0) is 24.8. The van der Waals surface area contributed by atoms with Gasteiger partial charge < -0.3 is 0 Å². The van der Waals surface area contributed by atoms with E-state index < -0.39 is 4.92 Å². The first-order valence-electron chi connectivity index (χ1n) is 10.1. The number of nitro groups is 1. The smallest absolute Gasteiger partial charge is 0.269 e. The number of nitro benzene ring substituents is 1. The lowest BCUT2D eigenvalue weighted by atomic mass is 10.2. The number of aromatic nitrogens is 3. The van der Waals surface area contributed by atoms with E-state index in [-0.39, 0.29) is 17.3 Å². The van der Waals surface area contributed by atoms with E-state index in [2.05, 4.69) is 20.7 Å². The SMILES string of the molecule is O=C(CSc1nnc(-c2ccc(Cl)cc2)n1-c1ccc(Cl)cc1)N/N=C\c1ccc([N+](=O)[O-])cc1. The minimum atomic E-state index is -0.485. The average Bonchev–Trinajstić information content (AvgIpc) is 3.28. The zero-order valence-electron chi connectivity index (χ0n) is 17.8. The van der Waals surface area contributed by atoms with Gasteiger partial charge in [0.25, 0.3) is 11.6 Å². The zero-order valence-corrected chi connectivity index (χ0v) is 20.2. The monoisotopic (exact) mass is 526 g/mol. The van der Waals surface area contributed by atoms with Crippen molar-refractivity contribution in [1.29, 1.82) is 0 Å². The van der Waals surface area contributed by atoms with Crippen LogP contribution in [0.15, 0.2) is 83.1 Å². The molecule has 0 saturated carbocycles.